The molecule has 1 saturated heterocycles. The summed E-state index contributed by atoms with van der Waals surface area (Å²) in [6.45, 7) is 5.37. The maximum Gasteiger partial charge on any atom is 0.223 e. The standard InChI is InChI=1S/C20H24N6S/c1-15-5-2-3-10-26(15)11-9-23-20-24-13-16(17-14-21-7-8-22-17)19(25-20)18-6-4-12-27-18/h4,6-8,12-15H,2-3,5,9-11H2,1H3,(H,23,24,25)/t15-/m0/s1. The van der Waals surface area contributed by atoms with Crippen LogP contribution in [0.3, 0.4) is 0 Å². The molecular weight excluding hydrogens is 356 g/mol. The Hall–Kier alpha value is -2.38. The van der Waals surface area contributed by atoms with Crippen molar-refractivity contribution < 1.29 is 0 Å². The van der Waals surface area contributed by atoms with Crippen LogP contribution in [0.15, 0.2) is 42.3 Å². The maximum atomic E-state index is 4.80. The lowest BCUT2D eigenvalue weighted by atomic mass is 10.0. The monoisotopic (exact) mass is 380 g/mol. The first kappa shape index (κ1) is 18.0. The number of nitrogens with zero attached hydrogens (tertiary/aromatic N) is 5. The molecule has 0 unspecified atom stereocenters. The Kier molecular flexibility index (Phi) is 5.69. The molecule has 1 fully saturated rings. The quantitative estimate of drug-likeness (QED) is 0.698. The molecule has 3 aromatic heterocycles. The molecule has 0 amide bonds. The summed E-state index contributed by atoms with van der Waals surface area (Å²) in [5.74, 6) is 0.663. The van der Waals surface area contributed by atoms with E-state index in [-0.39, 0.29) is 0 Å². The van der Waals surface area contributed by atoms with Gasteiger partial charge in [-0.25, -0.2) is 9.97 Å². The summed E-state index contributed by atoms with van der Waals surface area (Å²) in [6.07, 6.45) is 10.9. The molecule has 1 aliphatic rings. The van der Waals surface area contributed by atoms with E-state index in [1.54, 1.807) is 29.9 Å². The van der Waals surface area contributed by atoms with Crippen molar-refractivity contribution in [1.82, 2.24) is 24.8 Å². The van der Waals surface area contributed by atoms with Crippen LogP contribution in [0.4, 0.5) is 5.95 Å². The molecule has 4 rings (SSSR count). The average Bonchev–Trinajstić information content (AvgIpc) is 3.25. The minimum atomic E-state index is 0.663. The van der Waals surface area contributed by atoms with Gasteiger partial charge in [-0.1, -0.05) is 12.5 Å². The van der Waals surface area contributed by atoms with Crippen LogP contribution in [0.1, 0.15) is 26.2 Å². The van der Waals surface area contributed by atoms with Gasteiger partial charge in [0, 0.05) is 43.3 Å². The minimum Gasteiger partial charge on any atom is -0.353 e. The van der Waals surface area contributed by atoms with Crippen LogP contribution in [-0.2, 0) is 0 Å². The minimum absolute atomic E-state index is 0.663. The van der Waals surface area contributed by atoms with Gasteiger partial charge in [-0.2, -0.15) is 0 Å². The molecule has 4 heterocycles. The summed E-state index contributed by atoms with van der Waals surface area (Å²) in [4.78, 5) is 21.6. The number of anilines is 1. The van der Waals surface area contributed by atoms with Crippen molar-refractivity contribution in [3.05, 3.63) is 42.3 Å². The predicted octanol–water partition coefficient (Wildman–Crippen LogP) is 3.95. The SMILES string of the molecule is C[C@H]1CCCCN1CCNc1ncc(-c2cnccn2)c(-c2cccs2)n1. The van der Waals surface area contributed by atoms with E-state index < -0.39 is 0 Å². The predicted molar refractivity (Wildman–Crippen MR) is 110 cm³/mol. The highest BCUT2D eigenvalue weighted by atomic mass is 32.1. The van der Waals surface area contributed by atoms with Crippen molar-refractivity contribution in [2.24, 2.45) is 0 Å². The van der Waals surface area contributed by atoms with Gasteiger partial charge in [0.25, 0.3) is 0 Å². The van der Waals surface area contributed by atoms with Crippen LogP contribution in [0.2, 0.25) is 0 Å². The van der Waals surface area contributed by atoms with E-state index in [0.29, 0.717) is 12.0 Å². The molecule has 6 nitrogen and oxygen atoms in total. The van der Waals surface area contributed by atoms with E-state index in [0.717, 1.165) is 34.9 Å². The second-order valence-corrected chi connectivity index (χ2v) is 7.78. The Bertz CT molecular complexity index is 852. The fourth-order valence-corrected chi connectivity index (χ4v) is 4.22. The Labute approximate surface area is 163 Å². The summed E-state index contributed by atoms with van der Waals surface area (Å²) in [5, 5.41) is 5.46. The molecule has 1 N–H and O–H groups in total. The maximum absolute atomic E-state index is 4.80. The zero-order chi connectivity index (χ0) is 18.5. The van der Waals surface area contributed by atoms with Gasteiger partial charge < -0.3 is 5.32 Å². The fraction of sp³-hybridized carbons (Fsp3) is 0.400. The summed E-state index contributed by atoms with van der Waals surface area (Å²) >= 11 is 1.67. The number of likely N-dealkylation sites (tertiary alicyclic amines) is 1. The summed E-state index contributed by atoms with van der Waals surface area (Å²) in [7, 11) is 0. The Balaban J connectivity index is 1.52. The molecule has 1 aliphatic heterocycles. The van der Waals surface area contributed by atoms with E-state index in [1.807, 2.05) is 12.3 Å². The number of rotatable bonds is 6. The first-order chi connectivity index (χ1) is 13.3. The second-order valence-electron chi connectivity index (χ2n) is 6.83. The number of hydrogen-bond acceptors (Lipinski definition) is 7. The van der Waals surface area contributed by atoms with Crippen LogP contribution in [-0.4, -0.2) is 50.5 Å². The molecule has 140 valence electrons. The Morgan fingerprint density at radius 1 is 1.22 bits per heavy atom. The highest BCUT2D eigenvalue weighted by Crippen LogP contribution is 2.32. The van der Waals surface area contributed by atoms with E-state index in [2.05, 4.69) is 43.5 Å². The van der Waals surface area contributed by atoms with E-state index in [9.17, 15) is 0 Å². The molecule has 3 aromatic rings. The Morgan fingerprint density at radius 2 is 2.19 bits per heavy atom. The zero-order valence-corrected chi connectivity index (χ0v) is 16.3. The molecule has 0 bridgehead atoms. The highest BCUT2D eigenvalue weighted by molar-refractivity contribution is 7.13. The van der Waals surface area contributed by atoms with E-state index >= 15 is 0 Å². The summed E-state index contributed by atoms with van der Waals surface area (Å²) in [6, 6.07) is 4.78. The number of thiophene rings is 1. The van der Waals surface area contributed by atoms with Crippen LogP contribution in [0.25, 0.3) is 21.8 Å². The average molecular weight is 381 g/mol. The smallest absolute Gasteiger partial charge is 0.223 e. The van der Waals surface area contributed by atoms with Gasteiger partial charge >= 0.3 is 0 Å². The third-order valence-corrected chi connectivity index (χ3v) is 5.88. The van der Waals surface area contributed by atoms with Gasteiger partial charge in [0.05, 0.1) is 22.5 Å². The van der Waals surface area contributed by atoms with Gasteiger partial charge in [-0.05, 0) is 37.8 Å². The van der Waals surface area contributed by atoms with Crippen LogP contribution >= 0.6 is 11.3 Å². The van der Waals surface area contributed by atoms with Gasteiger partial charge in [-0.3, -0.25) is 14.9 Å². The molecule has 27 heavy (non-hydrogen) atoms. The molecule has 0 aliphatic carbocycles. The molecule has 0 spiro atoms. The van der Waals surface area contributed by atoms with Crippen molar-refractivity contribution in [2.45, 2.75) is 32.2 Å². The van der Waals surface area contributed by atoms with Crippen molar-refractivity contribution in [3.63, 3.8) is 0 Å². The van der Waals surface area contributed by atoms with Crippen LogP contribution in [0.5, 0.6) is 0 Å². The number of hydrogen-bond donors (Lipinski definition) is 1. The normalized spacial score (nSPS) is 17.7. The third kappa shape index (κ3) is 4.31. The second kappa shape index (κ2) is 8.54. The number of aromatic nitrogens is 4. The summed E-state index contributed by atoms with van der Waals surface area (Å²) < 4.78 is 0. The molecule has 0 saturated carbocycles. The lowest BCUT2D eigenvalue weighted by molar-refractivity contribution is 0.167. The molecular formula is C20H24N6S. The first-order valence-corrected chi connectivity index (χ1v) is 10.3. The topological polar surface area (TPSA) is 66.8 Å². The molecule has 1 atom stereocenters. The highest BCUT2D eigenvalue weighted by Gasteiger charge is 2.18. The van der Waals surface area contributed by atoms with Gasteiger partial charge in [0.15, 0.2) is 0 Å². The molecule has 7 heteroatoms. The zero-order valence-electron chi connectivity index (χ0n) is 15.5. The third-order valence-electron chi connectivity index (χ3n) is 5.01. The lowest BCUT2D eigenvalue weighted by Gasteiger charge is -2.33. The molecule has 0 radical (unpaired) electrons. The van der Waals surface area contributed by atoms with Crippen LogP contribution < -0.4 is 5.32 Å². The first-order valence-electron chi connectivity index (χ1n) is 9.46. The van der Waals surface area contributed by atoms with Gasteiger partial charge in [0.1, 0.15) is 0 Å². The number of nitrogens with one attached hydrogen (secondary N) is 1. The van der Waals surface area contributed by atoms with Crippen molar-refractivity contribution in [3.8, 4) is 21.8 Å². The van der Waals surface area contributed by atoms with E-state index in [1.165, 1.54) is 25.8 Å². The van der Waals surface area contributed by atoms with Gasteiger partial charge in [-0.15, -0.1) is 11.3 Å². The molecule has 0 aromatic carbocycles. The van der Waals surface area contributed by atoms with Crippen molar-refractivity contribution in [2.75, 3.05) is 25.0 Å². The van der Waals surface area contributed by atoms with Crippen molar-refractivity contribution >= 4 is 17.3 Å². The lowest BCUT2D eigenvalue weighted by Crippen LogP contribution is -2.40. The largest absolute Gasteiger partial charge is 0.353 e. The Morgan fingerprint density at radius 3 is 2.96 bits per heavy atom. The van der Waals surface area contributed by atoms with Gasteiger partial charge in [0.2, 0.25) is 5.95 Å². The number of piperidine rings is 1. The van der Waals surface area contributed by atoms with Crippen LogP contribution in [0, 0.1) is 0 Å². The summed E-state index contributed by atoms with van der Waals surface area (Å²) in [5.41, 5.74) is 2.59. The van der Waals surface area contributed by atoms with Crippen molar-refractivity contribution in [1.29, 1.82) is 0 Å². The fourth-order valence-electron chi connectivity index (χ4n) is 3.49. The van der Waals surface area contributed by atoms with E-state index in [4.69, 9.17) is 4.98 Å².